The number of nitrogens with one attached hydrogen (secondary N) is 1. The Morgan fingerprint density at radius 2 is 1.58 bits per heavy atom. The van der Waals surface area contributed by atoms with E-state index in [1.54, 1.807) is 45.6 Å². The van der Waals surface area contributed by atoms with Gasteiger partial charge in [0.1, 0.15) is 17.2 Å². The Kier molecular flexibility index (Phi) is 6.03. The lowest BCUT2D eigenvalue weighted by Crippen LogP contribution is -2.23. The van der Waals surface area contributed by atoms with Gasteiger partial charge in [-0.1, -0.05) is 12.1 Å². The number of carbonyl (C=O) groups is 1. The van der Waals surface area contributed by atoms with E-state index >= 15 is 0 Å². The molecule has 0 atom stereocenters. The van der Waals surface area contributed by atoms with Gasteiger partial charge in [0.2, 0.25) is 0 Å². The fourth-order valence-electron chi connectivity index (χ4n) is 2.32. The molecule has 0 saturated heterocycles. The fourth-order valence-corrected chi connectivity index (χ4v) is 2.32. The summed E-state index contributed by atoms with van der Waals surface area (Å²) in [7, 11) is 4.69. The third-order valence-electron chi connectivity index (χ3n) is 3.69. The van der Waals surface area contributed by atoms with Crippen molar-refractivity contribution in [3.63, 3.8) is 0 Å². The van der Waals surface area contributed by atoms with Gasteiger partial charge in [0, 0.05) is 24.2 Å². The molecule has 2 aromatic carbocycles. The molecule has 128 valence electrons. The molecule has 0 aliphatic carbocycles. The van der Waals surface area contributed by atoms with E-state index in [4.69, 9.17) is 19.9 Å². The molecule has 0 spiro atoms. The summed E-state index contributed by atoms with van der Waals surface area (Å²) in [4.78, 5) is 12.3. The highest BCUT2D eigenvalue weighted by atomic mass is 16.5. The highest BCUT2D eigenvalue weighted by Gasteiger charge is 2.14. The number of nitrogens with two attached hydrogens (primary N) is 1. The quantitative estimate of drug-likeness (QED) is 0.812. The summed E-state index contributed by atoms with van der Waals surface area (Å²) in [6.45, 7) is 0.718. The molecule has 6 heteroatoms. The maximum absolute atomic E-state index is 12.3. The maximum atomic E-state index is 12.3. The summed E-state index contributed by atoms with van der Waals surface area (Å²) in [5.74, 6) is 1.62. The maximum Gasteiger partial charge on any atom is 0.251 e. The number of hydrogen-bond donors (Lipinski definition) is 2. The lowest BCUT2D eigenvalue weighted by atomic mass is 10.1. The topological polar surface area (TPSA) is 82.8 Å². The van der Waals surface area contributed by atoms with Crippen LogP contribution < -0.4 is 25.3 Å². The first-order valence-electron chi connectivity index (χ1n) is 7.49. The van der Waals surface area contributed by atoms with E-state index in [9.17, 15) is 4.79 Å². The zero-order valence-corrected chi connectivity index (χ0v) is 14.1. The van der Waals surface area contributed by atoms with Crippen LogP contribution in [0.2, 0.25) is 0 Å². The zero-order valence-electron chi connectivity index (χ0n) is 14.1. The molecule has 0 radical (unpaired) electrons. The molecule has 2 aromatic rings. The highest BCUT2D eigenvalue weighted by Crippen LogP contribution is 2.33. The second-order valence-corrected chi connectivity index (χ2v) is 5.09. The number of methoxy groups -OCH3 is 3. The van der Waals surface area contributed by atoms with Crippen LogP contribution in [0.1, 0.15) is 21.5 Å². The lowest BCUT2D eigenvalue weighted by molar-refractivity contribution is 0.0950. The third kappa shape index (κ3) is 3.97. The average molecular weight is 330 g/mol. The number of amides is 1. The first kappa shape index (κ1) is 17.6. The van der Waals surface area contributed by atoms with Crippen molar-refractivity contribution in [3.05, 3.63) is 53.1 Å². The normalized spacial score (nSPS) is 10.2. The molecule has 3 N–H and O–H groups in total. The molecule has 0 aliphatic heterocycles. The molecule has 1 amide bonds. The monoisotopic (exact) mass is 330 g/mol. The van der Waals surface area contributed by atoms with Crippen LogP contribution >= 0.6 is 0 Å². The van der Waals surface area contributed by atoms with E-state index < -0.39 is 0 Å². The molecule has 0 fully saturated rings. The Labute approximate surface area is 141 Å². The van der Waals surface area contributed by atoms with Gasteiger partial charge in [-0.2, -0.15) is 0 Å². The standard InChI is InChI=1S/C18H22N2O4/c1-22-14-8-16(23-2)15(17(9-14)24-3)11-20-18(21)13-6-4-12(10-19)5-7-13/h4-9H,10-11,19H2,1-3H3,(H,20,21). The van der Waals surface area contributed by atoms with Gasteiger partial charge in [-0.25, -0.2) is 0 Å². The van der Waals surface area contributed by atoms with Crippen molar-refractivity contribution in [3.8, 4) is 17.2 Å². The van der Waals surface area contributed by atoms with Gasteiger partial charge in [-0.05, 0) is 17.7 Å². The van der Waals surface area contributed by atoms with Crippen LogP contribution in [0.15, 0.2) is 36.4 Å². The molecule has 0 saturated carbocycles. The molecule has 0 bridgehead atoms. The van der Waals surface area contributed by atoms with Crippen molar-refractivity contribution < 1.29 is 19.0 Å². The molecule has 0 aromatic heterocycles. The summed E-state index contributed by atoms with van der Waals surface area (Å²) in [6, 6.07) is 10.7. The van der Waals surface area contributed by atoms with Gasteiger partial charge in [0.05, 0.1) is 33.4 Å². The van der Waals surface area contributed by atoms with E-state index in [2.05, 4.69) is 5.32 Å². The van der Waals surface area contributed by atoms with Gasteiger partial charge < -0.3 is 25.3 Å². The lowest BCUT2D eigenvalue weighted by Gasteiger charge is -2.15. The predicted octanol–water partition coefficient (Wildman–Crippen LogP) is 2.10. The summed E-state index contributed by atoms with van der Waals surface area (Å²) in [5, 5.41) is 2.87. The smallest absolute Gasteiger partial charge is 0.251 e. The molecule has 0 unspecified atom stereocenters. The van der Waals surface area contributed by atoms with Crippen molar-refractivity contribution in [2.75, 3.05) is 21.3 Å². The van der Waals surface area contributed by atoms with Gasteiger partial charge in [0.15, 0.2) is 0 Å². The minimum atomic E-state index is -0.182. The van der Waals surface area contributed by atoms with Crippen LogP contribution in [0, 0.1) is 0 Å². The van der Waals surface area contributed by atoms with Crippen molar-refractivity contribution in [2.24, 2.45) is 5.73 Å². The summed E-state index contributed by atoms with van der Waals surface area (Å²) in [5.41, 5.74) is 7.85. The van der Waals surface area contributed by atoms with Crippen molar-refractivity contribution in [2.45, 2.75) is 13.1 Å². The number of ether oxygens (including phenoxy) is 3. The van der Waals surface area contributed by atoms with Crippen LogP contribution in [0.3, 0.4) is 0 Å². The number of benzene rings is 2. The SMILES string of the molecule is COc1cc(OC)c(CNC(=O)c2ccc(CN)cc2)c(OC)c1. The van der Waals surface area contributed by atoms with E-state index in [1.807, 2.05) is 12.1 Å². The summed E-state index contributed by atoms with van der Waals surface area (Å²) in [6.07, 6.45) is 0. The molecule has 0 aliphatic rings. The Balaban J connectivity index is 2.16. The van der Waals surface area contributed by atoms with Gasteiger partial charge in [-0.15, -0.1) is 0 Å². The molecule has 0 heterocycles. The largest absolute Gasteiger partial charge is 0.496 e. The van der Waals surface area contributed by atoms with Crippen molar-refractivity contribution >= 4 is 5.91 Å². The van der Waals surface area contributed by atoms with Gasteiger partial charge >= 0.3 is 0 Å². The van der Waals surface area contributed by atoms with E-state index in [0.29, 0.717) is 29.4 Å². The number of hydrogen-bond acceptors (Lipinski definition) is 5. The molecule has 6 nitrogen and oxygen atoms in total. The van der Waals surface area contributed by atoms with Crippen LogP contribution in [-0.2, 0) is 13.1 Å². The molecule has 2 rings (SSSR count). The van der Waals surface area contributed by atoms with Crippen LogP contribution in [0.25, 0.3) is 0 Å². The molecule has 24 heavy (non-hydrogen) atoms. The first-order valence-corrected chi connectivity index (χ1v) is 7.49. The third-order valence-corrected chi connectivity index (χ3v) is 3.69. The average Bonchev–Trinajstić information content (AvgIpc) is 2.65. The van der Waals surface area contributed by atoms with Crippen molar-refractivity contribution in [1.82, 2.24) is 5.32 Å². The van der Waals surface area contributed by atoms with Crippen LogP contribution in [0.5, 0.6) is 17.2 Å². The fraction of sp³-hybridized carbons (Fsp3) is 0.278. The van der Waals surface area contributed by atoms with E-state index in [-0.39, 0.29) is 12.5 Å². The van der Waals surface area contributed by atoms with Crippen LogP contribution in [-0.4, -0.2) is 27.2 Å². The second kappa shape index (κ2) is 8.21. The number of carbonyl (C=O) groups excluding carboxylic acids is 1. The molecular weight excluding hydrogens is 308 g/mol. The van der Waals surface area contributed by atoms with E-state index in [0.717, 1.165) is 11.1 Å². The minimum absolute atomic E-state index is 0.182. The summed E-state index contributed by atoms with van der Waals surface area (Å²) >= 11 is 0. The first-order chi connectivity index (χ1) is 11.6. The summed E-state index contributed by atoms with van der Waals surface area (Å²) < 4.78 is 16.0. The Morgan fingerprint density at radius 1 is 1.00 bits per heavy atom. The van der Waals surface area contributed by atoms with Crippen molar-refractivity contribution in [1.29, 1.82) is 0 Å². The zero-order chi connectivity index (χ0) is 17.5. The van der Waals surface area contributed by atoms with Crippen LogP contribution in [0.4, 0.5) is 0 Å². The van der Waals surface area contributed by atoms with Gasteiger partial charge in [-0.3, -0.25) is 4.79 Å². The second-order valence-electron chi connectivity index (χ2n) is 5.09. The number of rotatable bonds is 7. The van der Waals surface area contributed by atoms with Gasteiger partial charge in [0.25, 0.3) is 5.91 Å². The predicted molar refractivity (Wildman–Crippen MR) is 91.6 cm³/mol. The van der Waals surface area contributed by atoms with E-state index in [1.165, 1.54) is 0 Å². The Bertz CT molecular complexity index is 674. The Morgan fingerprint density at radius 3 is 2.04 bits per heavy atom. The minimum Gasteiger partial charge on any atom is -0.496 e. The Hall–Kier alpha value is -2.73. The molecular formula is C18H22N2O4. The highest BCUT2D eigenvalue weighted by molar-refractivity contribution is 5.94.